The van der Waals surface area contributed by atoms with E-state index < -0.39 is 10.0 Å². The predicted octanol–water partition coefficient (Wildman–Crippen LogP) is 3.90. The van der Waals surface area contributed by atoms with Crippen LogP contribution in [-0.4, -0.2) is 27.5 Å². The second-order valence-corrected chi connectivity index (χ2v) is 9.03. The predicted molar refractivity (Wildman–Crippen MR) is 114 cm³/mol. The molecule has 152 valence electrons. The summed E-state index contributed by atoms with van der Waals surface area (Å²) in [5, 5.41) is 0. The lowest BCUT2D eigenvalue weighted by molar-refractivity contribution is 0.171. The summed E-state index contributed by atoms with van der Waals surface area (Å²) in [4.78, 5) is 4.95. The Morgan fingerprint density at radius 3 is 2.41 bits per heavy atom. The Hall–Kier alpha value is -2.80. The van der Waals surface area contributed by atoms with Gasteiger partial charge in [0.05, 0.1) is 6.04 Å². The van der Waals surface area contributed by atoms with Gasteiger partial charge in [-0.3, -0.25) is 9.71 Å². The van der Waals surface area contributed by atoms with E-state index in [0.29, 0.717) is 35.9 Å². The Kier molecular flexibility index (Phi) is 4.86. The number of ether oxygens (including phenoxy) is 2. The molecule has 1 unspecified atom stereocenters. The van der Waals surface area contributed by atoms with Crippen LogP contribution in [0.2, 0.25) is 0 Å². The van der Waals surface area contributed by atoms with Crippen LogP contribution in [0.3, 0.4) is 0 Å². The van der Waals surface area contributed by atoms with Crippen LogP contribution in [0.1, 0.15) is 42.1 Å². The molecule has 0 fully saturated rings. The van der Waals surface area contributed by atoms with E-state index in [4.69, 9.17) is 9.47 Å². The van der Waals surface area contributed by atoms with Crippen molar-refractivity contribution in [1.82, 2.24) is 4.72 Å². The van der Waals surface area contributed by atoms with Gasteiger partial charge in [-0.25, -0.2) is 8.42 Å². The molecule has 2 aliphatic rings. The van der Waals surface area contributed by atoms with Gasteiger partial charge in [-0.05, 0) is 62.1 Å². The van der Waals surface area contributed by atoms with Crippen LogP contribution < -0.4 is 14.2 Å². The number of aliphatic imine (C=N–C) groups is 1. The lowest BCUT2D eigenvalue weighted by Gasteiger charge is -2.19. The molecule has 0 saturated heterocycles. The number of hydrogen-bond donors (Lipinski definition) is 1. The summed E-state index contributed by atoms with van der Waals surface area (Å²) in [6.07, 6.45) is 0. The molecule has 2 aromatic rings. The van der Waals surface area contributed by atoms with Crippen LogP contribution in [-0.2, 0) is 10.0 Å². The molecule has 1 N–H and O–H groups in total. The maximum atomic E-state index is 12.8. The average molecular weight is 413 g/mol. The highest BCUT2D eigenvalue weighted by molar-refractivity contribution is 8.00. The van der Waals surface area contributed by atoms with Gasteiger partial charge in [0.1, 0.15) is 24.0 Å². The number of amidine groups is 1. The van der Waals surface area contributed by atoms with Crippen LogP contribution >= 0.6 is 0 Å². The number of benzene rings is 2. The summed E-state index contributed by atoms with van der Waals surface area (Å²) < 4.78 is 39.4. The Bertz CT molecular complexity index is 1150. The molecule has 0 amide bonds. The summed E-state index contributed by atoms with van der Waals surface area (Å²) in [6.45, 7) is 8.75. The molecule has 0 radical (unpaired) electrons. The first-order valence-corrected chi connectivity index (χ1v) is 11.0. The van der Waals surface area contributed by atoms with Gasteiger partial charge in [0.15, 0.2) is 11.5 Å². The highest BCUT2D eigenvalue weighted by Gasteiger charge is 2.33. The smallest absolute Gasteiger partial charge is 0.264 e. The number of nitrogens with one attached hydrogen (secondary N) is 1. The molecule has 7 heteroatoms. The second-order valence-electron chi connectivity index (χ2n) is 7.42. The third-order valence-corrected chi connectivity index (χ3v) is 6.88. The van der Waals surface area contributed by atoms with E-state index in [0.717, 1.165) is 22.4 Å². The Balaban J connectivity index is 1.70. The summed E-state index contributed by atoms with van der Waals surface area (Å²) in [6, 6.07) is 11.1. The fourth-order valence-corrected chi connectivity index (χ4v) is 5.03. The van der Waals surface area contributed by atoms with Crippen molar-refractivity contribution in [2.45, 2.75) is 33.7 Å². The van der Waals surface area contributed by atoms with Gasteiger partial charge in [-0.15, -0.1) is 0 Å². The largest absolute Gasteiger partial charge is 0.486 e. The SMILES string of the molecule is CC1=C(c2ccc(C)c(C)c2)S(=O)(=O)NC1=NC(C)c1ccc2c(c1)OCCO2. The van der Waals surface area contributed by atoms with E-state index in [1.807, 2.05) is 57.2 Å². The van der Waals surface area contributed by atoms with Crippen LogP contribution in [0.25, 0.3) is 4.91 Å². The minimum Gasteiger partial charge on any atom is -0.486 e. The van der Waals surface area contributed by atoms with Crippen molar-refractivity contribution in [3.05, 3.63) is 64.2 Å². The lowest BCUT2D eigenvalue weighted by atomic mass is 10.0. The Morgan fingerprint density at radius 1 is 0.966 bits per heavy atom. The van der Waals surface area contributed by atoms with E-state index in [-0.39, 0.29) is 10.9 Å². The normalized spacial score (nSPS) is 19.9. The minimum absolute atomic E-state index is 0.252. The highest BCUT2D eigenvalue weighted by Crippen LogP contribution is 2.35. The Morgan fingerprint density at radius 2 is 1.69 bits per heavy atom. The fraction of sp³-hybridized carbons (Fsp3) is 0.318. The quantitative estimate of drug-likeness (QED) is 0.830. The summed E-state index contributed by atoms with van der Waals surface area (Å²) in [5.74, 6) is 1.78. The monoisotopic (exact) mass is 412 g/mol. The van der Waals surface area contributed by atoms with Crippen molar-refractivity contribution in [1.29, 1.82) is 0 Å². The van der Waals surface area contributed by atoms with Crippen LogP contribution in [0, 0.1) is 13.8 Å². The number of nitrogens with zero attached hydrogens (tertiary/aromatic N) is 1. The zero-order chi connectivity index (χ0) is 20.8. The molecule has 4 rings (SSSR count). The van der Waals surface area contributed by atoms with E-state index in [1.54, 1.807) is 6.92 Å². The number of aryl methyl sites for hydroxylation is 2. The standard InChI is InChI=1S/C22H24N2O4S/c1-13-5-6-18(11-14(13)2)21-15(3)22(24-29(21,25)26)23-16(4)17-7-8-19-20(12-17)28-10-9-27-19/h5-8,11-12,16H,9-10H2,1-4H3,(H,23,24). The van der Waals surface area contributed by atoms with Gasteiger partial charge in [0.2, 0.25) is 0 Å². The average Bonchev–Trinajstić information content (AvgIpc) is 2.91. The summed E-state index contributed by atoms with van der Waals surface area (Å²) in [7, 11) is -3.66. The van der Waals surface area contributed by atoms with Crippen LogP contribution in [0.5, 0.6) is 11.5 Å². The van der Waals surface area contributed by atoms with Crippen molar-refractivity contribution in [3.8, 4) is 11.5 Å². The lowest BCUT2D eigenvalue weighted by Crippen LogP contribution is -2.24. The van der Waals surface area contributed by atoms with Gasteiger partial charge in [0, 0.05) is 5.57 Å². The molecule has 0 aromatic heterocycles. The number of hydrogen-bond acceptors (Lipinski definition) is 5. The zero-order valence-electron chi connectivity index (χ0n) is 16.9. The van der Waals surface area contributed by atoms with Crippen molar-refractivity contribution < 1.29 is 17.9 Å². The maximum Gasteiger partial charge on any atom is 0.264 e. The van der Waals surface area contributed by atoms with E-state index >= 15 is 0 Å². The van der Waals surface area contributed by atoms with E-state index in [2.05, 4.69) is 9.71 Å². The molecule has 0 saturated carbocycles. The number of rotatable bonds is 3. The molecule has 0 aliphatic carbocycles. The third-order valence-electron chi connectivity index (χ3n) is 5.34. The van der Waals surface area contributed by atoms with Crippen molar-refractivity contribution >= 4 is 20.8 Å². The van der Waals surface area contributed by atoms with Crippen LogP contribution in [0.4, 0.5) is 0 Å². The molecule has 0 spiro atoms. The van der Waals surface area contributed by atoms with E-state index in [1.165, 1.54) is 0 Å². The van der Waals surface area contributed by atoms with Gasteiger partial charge >= 0.3 is 0 Å². The molecule has 2 aliphatic heterocycles. The highest BCUT2D eigenvalue weighted by atomic mass is 32.2. The fourth-order valence-electron chi connectivity index (χ4n) is 3.53. The van der Waals surface area contributed by atoms with Crippen molar-refractivity contribution in [3.63, 3.8) is 0 Å². The minimum atomic E-state index is -3.66. The zero-order valence-corrected chi connectivity index (χ0v) is 17.8. The van der Waals surface area contributed by atoms with Crippen LogP contribution in [0.15, 0.2) is 47.0 Å². The third kappa shape index (κ3) is 3.62. The van der Waals surface area contributed by atoms with Gasteiger partial charge in [0.25, 0.3) is 10.0 Å². The summed E-state index contributed by atoms with van der Waals surface area (Å²) in [5.41, 5.74) is 4.39. The number of sulfonamides is 1. The molecule has 2 heterocycles. The maximum absolute atomic E-state index is 12.8. The molecule has 1 atom stereocenters. The molecule has 6 nitrogen and oxygen atoms in total. The van der Waals surface area contributed by atoms with Crippen molar-refractivity contribution in [2.75, 3.05) is 13.2 Å². The molecular weight excluding hydrogens is 388 g/mol. The molecular formula is C22H24N2O4S. The second kappa shape index (κ2) is 7.22. The first-order valence-electron chi connectivity index (χ1n) is 9.55. The van der Waals surface area contributed by atoms with E-state index in [9.17, 15) is 8.42 Å². The Labute approximate surface area is 171 Å². The van der Waals surface area contributed by atoms with Gasteiger partial charge in [-0.1, -0.05) is 24.3 Å². The summed E-state index contributed by atoms with van der Waals surface area (Å²) >= 11 is 0. The number of fused-ring (bicyclic) bond motifs is 1. The first-order chi connectivity index (χ1) is 13.8. The topological polar surface area (TPSA) is 77.0 Å². The van der Waals surface area contributed by atoms with Gasteiger partial charge in [-0.2, -0.15) is 0 Å². The van der Waals surface area contributed by atoms with Gasteiger partial charge < -0.3 is 9.47 Å². The van der Waals surface area contributed by atoms with Crippen molar-refractivity contribution in [2.24, 2.45) is 4.99 Å². The molecule has 2 aromatic carbocycles. The molecule has 0 bridgehead atoms. The molecule has 29 heavy (non-hydrogen) atoms. The first kappa shape index (κ1) is 19.5.